The zero-order valence-electron chi connectivity index (χ0n) is 17.7. The van der Waals surface area contributed by atoms with Gasteiger partial charge in [-0.05, 0) is 68.4 Å². The van der Waals surface area contributed by atoms with E-state index in [9.17, 15) is 0 Å². The van der Waals surface area contributed by atoms with Crippen LogP contribution in [0.3, 0.4) is 0 Å². The minimum Gasteiger partial charge on any atom is -0.467 e. The van der Waals surface area contributed by atoms with Gasteiger partial charge < -0.3 is 23.9 Å². The zero-order chi connectivity index (χ0) is 21.1. The van der Waals surface area contributed by atoms with Crippen LogP contribution in [0.4, 0.5) is 0 Å². The maximum atomic E-state index is 5.74. The molecule has 0 aromatic carbocycles. The van der Waals surface area contributed by atoms with Crippen molar-refractivity contribution in [3.8, 4) is 0 Å². The van der Waals surface area contributed by atoms with Crippen molar-refractivity contribution in [2.24, 2.45) is 0 Å². The van der Waals surface area contributed by atoms with Crippen LogP contribution >= 0.6 is 12.2 Å². The summed E-state index contributed by atoms with van der Waals surface area (Å²) in [6, 6.07) is 12.3. The molecule has 0 saturated carbocycles. The number of hydrogen-bond acceptors (Lipinski definition) is 4. The molecule has 1 saturated heterocycles. The molecule has 7 heteroatoms. The smallest absolute Gasteiger partial charge is 0.170 e. The van der Waals surface area contributed by atoms with Gasteiger partial charge in [0.2, 0.25) is 0 Å². The Labute approximate surface area is 182 Å². The van der Waals surface area contributed by atoms with Crippen LogP contribution in [0.1, 0.15) is 46.9 Å². The van der Waals surface area contributed by atoms with Crippen LogP contribution in [0.5, 0.6) is 0 Å². The number of hydrogen-bond donors (Lipinski definition) is 1. The topological polar surface area (TPSA) is 55.5 Å². The highest BCUT2D eigenvalue weighted by atomic mass is 32.1. The summed E-state index contributed by atoms with van der Waals surface area (Å²) in [6.07, 6.45) is 4.47. The minimum absolute atomic E-state index is 0.00110. The number of rotatable bonds is 8. The van der Waals surface area contributed by atoms with E-state index in [1.165, 1.54) is 17.0 Å². The summed E-state index contributed by atoms with van der Waals surface area (Å²) in [5, 5.41) is 4.29. The van der Waals surface area contributed by atoms with Crippen molar-refractivity contribution >= 4 is 17.3 Å². The van der Waals surface area contributed by atoms with E-state index < -0.39 is 0 Å². The van der Waals surface area contributed by atoms with E-state index in [4.69, 9.17) is 21.4 Å². The molecule has 6 nitrogen and oxygen atoms in total. The average Bonchev–Trinajstić information content (AvgIpc) is 3.45. The van der Waals surface area contributed by atoms with Gasteiger partial charge in [0.25, 0.3) is 0 Å². The summed E-state index contributed by atoms with van der Waals surface area (Å²) in [7, 11) is 1.73. The van der Waals surface area contributed by atoms with Crippen molar-refractivity contribution in [1.29, 1.82) is 0 Å². The van der Waals surface area contributed by atoms with Crippen LogP contribution in [-0.2, 0) is 11.3 Å². The normalized spacial score (nSPS) is 18.8. The lowest BCUT2D eigenvalue weighted by Gasteiger charge is -2.28. The van der Waals surface area contributed by atoms with Gasteiger partial charge >= 0.3 is 0 Å². The number of nitrogens with zero attached hydrogens (tertiary/aromatic N) is 3. The molecule has 4 rings (SSSR count). The number of ether oxygens (including phenoxy) is 1. The predicted octanol–water partition coefficient (Wildman–Crippen LogP) is 4.15. The number of furan rings is 1. The van der Waals surface area contributed by atoms with Gasteiger partial charge in [0, 0.05) is 37.8 Å². The molecule has 0 radical (unpaired) electrons. The van der Waals surface area contributed by atoms with Crippen molar-refractivity contribution < 1.29 is 9.15 Å². The quantitative estimate of drug-likeness (QED) is 0.433. The monoisotopic (exact) mass is 424 g/mol. The summed E-state index contributed by atoms with van der Waals surface area (Å²) < 4.78 is 13.2. The highest BCUT2D eigenvalue weighted by Crippen LogP contribution is 2.40. The molecule has 1 fully saturated rings. The van der Waals surface area contributed by atoms with E-state index in [1.54, 1.807) is 13.4 Å². The van der Waals surface area contributed by atoms with Gasteiger partial charge in [-0.25, -0.2) is 0 Å². The molecule has 3 aromatic rings. The van der Waals surface area contributed by atoms with Crippen molar-refractivity contribution in [3.05, 3.63) is 77.3 Å². The number of thiocarbonyl (C=S) groups is 1. The molecule has 0 bridgehead atoms. The molecule has 3 aromatic heterocycles. The first-order valence-electron chi connectivity index (χ1n) is 10.3. The van der Waals surface area contributed by atoms with E-state index in [1.807, 2.05) is 30.5 Å². The Hall–Kier alpha value is -2.64. The van der Waals surface area contributed by atoms with Crippen molar-refractivity contribution in [1.82, 2.24) is 19.8 Å². The first kappa shape index (κ1) is 20.6. The maximum Gasteiger partial charge on any atom is 0.170 e. The lowest BCUT2D eigenvalue weighted by Crippen LogP contribution is -2.31. The van der Waals surface area contributed by atoms with Gasteiger partial charge in [-0.3, -0.25) is 4.98 Å². The third-order valence-electron chi connectivity index (χ3n) is 5.77. The van der Waals surface area contributed by atoms with Gasteiger partial charge in [0.1, 0.15) is 5.76 Å². The van der Waals surface area contributed by atoms with Crippen LogP contribution in [0.2, 0.25) is 0 Å². The van der Waals surface area contributed by atoms with E-state index in [0.29, 0.717) is 13.2 Å². The highest BCUT2D eigenvalue weighted by Gasteiger charge is 2.41. The Morgan fingerprint density at radius 3 is 2.80 bits per heavy atom. The van der Waals surface area contributed by atoms with Crippen LogP contribution in [0.25, 0.3) is 0 Å². The largest absolute Gasteiger partial charge is 0.467 e. The Morgan fingerprint density at radius 2 is 2.10 bits per heavy atom. The number of aromatic nitrogens is 2. The van der Waals surface area contributed by atoms with Crippen molar-refractivity contribution in [2.45, 2.75) is 38.9 Å². The van der Waals surface area contributed by atoms with Crippen LogP contribution in [-0.4, -0.2) is 39.8 Å². The predicted molar refractivity (Wildman–Crippen MR) is 120 cm³/mol. The lowest BCUT2D eigenvalue weighted by atomic mass is 9.96. The highest BCUT2D eigenvalue weighted by molar-refractivity contribution is 7.80. The van der Waals surface area contributed by atoms with Crippen LogP contribution < -0.4 is 5.32 Å². The second-order valence-electron chi connectivity index (χ2n) is 7.66. The molecule has 30 heavy (non-hydrogen) atoms. The fourth-order valence-corrected chi connectivity index (χ4v) is 4.62. The third kappa shape index (κ3) is 4.00. The summed E-state index contributed by atoms with van der Waals surface area (Å²) >= 11 is 5.74. The third-order valence-corrected chi connectivity index (χ3v) is 6.12. The molecule has 4 heterocycles. The molecule has 0 spiro atoms. The summed E-state index contributed by atoms with van der Waals surface area (Å²) in [5.41, 5.74) is 4.68. The van der Waals surface area contributed by atoms with Crippen molar-refractivity contribution in [2.75, 3.05) is 20.3 Å². The first-order chi connectivity index (χ1) is 14.6. The van der Waals surface area contributed by atoms with Gasteiger partial charge in [-0.2, -0.15) is 0 Å². The van der Waals surface area contributed by atoms with Crippen LogP contribution in [0.15, 0.2) is 53.3 Å². The van der Waals surface area contributed by atoms with Gasteiger partial charge in [-0.1, -0.05) is 6.07 Å². The molecule has 2 atom stereocenters. The Morgan fingerprint density at radius 1 is 1.23 bits per heavy atom. The van der Waals surface area contributed by atoms with E-state index in [-0.39, 0.29) is 12.1 Å². The number of pyridine rings is 1. The Bertz CT molecular complexity index is 984. The fourth-order valence-electron chi connectivity index (χ4n) is 4.29. The molecule has 0 unspecified atom stereocenters. The average molecular weight is 425 g/mol. The molecule has 1 N–H and O–H groups in total. The first-order valence-corrected chi connectivity index (χ1v) is 10.7. The molecular formula is C23H28N4O2S. The van der Waals surface area contributed by atoms with Crippen molar-refractivity contribution in [3.63, 3.8) is 0 Å². The standard InChI is InChI=1S/C23H28N4O2S/c1-16-14-19(17(2)27(16)15-18-8-6-13-29-18)22-21(20-9-4-5-10-24-20)25-23(30)26(22)11-7-12-28-3/h4-6,8-10,13-14,21-22H,7,11-12,15H2,1-3H3,(H,25,30)/t21-,22-/m1/s1. The van der Waals surface area contributed by atoms with Gasteiger partial charge in [0.15, 0.2) is 5.11 Å². The molecule has 1 aliphatic rings. The second kappa shape index (κ2) is 9.02. The SMILES string of the molecule is COCCCN1C(=S)N[C@H](c2ccccn2)[C@H]1c1cc(C)n(Cc2ccco2)c1C. The molecular weight excluding hydrogens is 396 g/mol. The molecule has 0 aliphatic carbocycles. The summed E-state index contributed by atoms with van der Waals surface area (Å²) in [6.45, 7) is 6.57. The van der Waals surface area contributed by atoms with E-state index >= 15 is 0 Å². The summed E-state index contributed by atoms with van der Waals surface area (Å²) in [4.78, 5) is 6.91. The fraction of sp³-hybridized carbons (Fsp3) is 0.391. The van der Waals surface area contributed by atoms with Gasteiger partial charge in [0.05, 0.1) is 30.6 Å². The Kier molecular flexibility index (Phi) is 6.20. The van der Waals surface area contributed by atoms with E-state index in [2.05, 4.69) is 45.7 Å². The zero-order valence-corrected chi connectivity index (χ0v) is 18.5. The van der Waals surface area contributed by atoms with Gasteiger partial charge in [-0.15, -0.1) is 0 Å². The number of nitrogens with one attached hydrogen (secondary N) is 1. The van der Waals surface area contributed by atoms with E-state index in [0.717, 1.165) is 29.5 Å². The number of methoxy groups -OCH3 is 1. The minimum atomic E-state index is -0.00110. The lowest BCUT2D eigenvalue weighted by molar-refractivity contribution is 0.180. The van der Waals surface area contributed by atoms with Crippen LogP contribution in [0, 0.1) is 13.8 Å². The summed E-state index contributed by atoms with van der Waals surface area (Å²) in [5.74, 6) is 0.946. The Balaban J connectivity index is 1.72. The maximum absolute atomic E-state index is 5.74. The number of aryl methyl sites for hydroxylation is 1. The second-order valence-corrected chi connectivity index (χ2v) is 8.05. The molecule has 158 valence electrons. The molecule has 1 aliphatic heterocycles. The molecule has 0 amide bonds.